The molecule has 0 atom stereocenters. The molecule has 1 aliphatic carbocycles. The van der Waals surface area contributed by atoms with Gasteiger partial charge in [0.25, 0.3) is 0 Å². The van der Waals surface area contributed by atoms with Crippen LogP contribution in [0.5, 0.6) is 0 Å². The molecule has 0 unspecified atom stereocenters. The van der Waals surface area contributed by atoms with Crippen molar-refractivity contribution >= 4 is 35.9 Å². The van der Waals surface area contributed by atoms with Crippen molar-refractivity contribution in [1.29, 1.82) is 0 Å². The second-order valence-electron chi connectivity index (χ2n) is 7.94. The SMILES string of the molecule is CCNC(=NCC1CCN(CCOC)CC1)NC1CCC(C(=O)OCC)CC1.I. The average molecular weight is 524 g/mol. The number of hydrogen-bond acceptors (Lipinski definition) is 5. The van der Waals surface area contributed by atoms with E-state index in [2.05, 4.69) is 22.5 Å². The quantitative estimate of drug-likeness (QED) is 0.209. The van der Waals surface area contributed by atoms with Gasteiger partial charge < -0.3 is 25.0 Å². The van der Waals surface area contributed by atoms with Crippen LogP contribution >= 0.6 is 24.0 Å². The second kappa shape index (κ2) is 15.2. The number of likely N-dealkylation sites (tertiary alicyclic amines) is 1. The van der Waals surface area contributed by atoms with Gasteiger partial charge in [-0.3, -0.25) is 9.79 Å². The number of rotatable bonds is 9. The molecule has 0 amide bonds. The van der Waals surface area contributed by atoms with Crippen LogP contribution in [0.3, 0.4) is 0 Å². The van der Waals surface area contributed by atoms with Crippen molar-refractivity contribution in [2.75, 3.05) is 53.0 Å². The third-order valence-corrected chi connectivity index (χ3v) is 5.86. The van der Waals surface area contributed by atoms with Gasteiger partial charge in [-0.1, -0.05) is 0 Å². The Morgan fingerprint density at radius 1 is 1.10 bits per heavy atom. The monoisotopic (exact) mass is 524 g/mol. The summed E-state index contributed by atoms with van der Waals surface area (Å²) in [6.45, 7) is 10.3. The van der Waals surface area contributed by atoms with E-state index in [9.17, 15) is 4.79 Å². The van der Waals surface area contributed by atoms with E-state index in [-0.39, 0.29) is 35.9 Å². The van der Waals surface area contributed by atoms with Crippen LogP contribution in [0.15, 0.2) is 4.99 Å². The molecule has 0 spiro atoms. The average Bonchev–Trinajstić information content (AvgIpc) is 2.72. The molecule has 170 valence electrons. The van der Waals surface area contributed by atoms with Gasteiger partial charge in [0.2, 0.25) is 0 Å². The van der Waals surface area contributed by atoms with Crippen molar-refractivity contribution in [2.24, 2.45) is 16.8 Å². The van der Waals surface area contributed by atoms with E-state index >= 15 is 0 Å². The summed E-state index contributed by atoms with van der Waals surface area (Å²) in [7, 11) is 1.76. The molecule has 1 saturated carbocycles. The summed E-state index contributed by atoms with van der Waals surface area (Å²) < 4.78 is 10.3. The number of carbonyl (C=O) groups excluding carboxylic acids is 1. The molecule has 8 heteroatoms. The summed E-state index contributed by atoms with van der Waals surface area (Å²) in [5.41, 5.74) is 0. The molecule has 2 N–H and O–H groups in total. The van der Waals surface area contributed by atoms with Crippen molar-refractivity contribution in [3.05, 3.63) is 0 Å². The van der Waals surface area contributed by atoms with Crippen LogP contribution in [-0.2, 0) is 14.3 Å². The molecule has 29 heavy (non-hydrogen) atoms. The van der Waals surface area contributed by atoms with Crippen molar-refractivity contribution in [2.45, 2.75) is 58.4 Å². The zero-order chi connectivity index (χ0) is 20.2. The standard InChI is InChI=1S/C21H40N4O3.HI/c1-4-22-21(23-16-17-10-12-25(13-11-17)14-15-27-3)24-19-8-6-18(7-9-19)20(26)28-5-2;/h17-19H,4-16H2,1-3H3,(H2,22,23,24);1H. The summed E-state index contributed by atoms with van der Waals surface area (Å²) >= 11 is 0. The Morgan fingerprint density at radius 3 is 2.38 bits per heavy atom. The molecule has 1 heterocycles. The summed E-state index contributed by atoms with van der Waals surface area (Å²) in [6, 6.07) is 0.388. The van der Waals surface area contributed by atoms with E-state index in [4.69, 9.17) is 14.5 Å². The number of nitrogens with one attached hydrogen (secondary N) is 2. The fourth-order valence-electron chi connectivity index (χ4n) is 4.08. The van der Waals surface area contributed by atoms with E-state index in [0.29, 0.717) is 18.6 Å². The topological polar surface area (TPSA) is 75.2 Å². The lowest BCUT2D eigenvalue weighted by atomic mass is 9.86. The molecular formula is C21H41IN4O3. The van der Waals surface area contributed by atoms with Crippen LogP contribution in [0.1, 0.15) is 52.4 Å². The number of methoxy groups -OCH3 is 1. The number of nitrogens with zero attached hydrogens (tertiary/aromatic N) is 2. The fourth-order valence-corrected chi connectivity index (χ4v) is 4.08. The Bertz CT molecular complexity index is 477. The Hall–Kier alpha value is -0.610. The maximum Gasteiger partial charge on any atom is 0.308 e. The van der Waals surface area contributed by atoms with Gasteiger partial charge in [0.05, 0.1) is 19.1 Å². The maximum absolute atomic E-state index is 11.9. The van der Waals surface area contributed by atoms with Crippen molar-refractivity contribution in [3.8, 4) is 0 Å². The zero-order valence-corrected chi connectivity index (χ0v) is 20.8. The number of carbonyl (C=O) groups is 1. The second-order valence-corrected chi connectivity index (χ2v) is 7.94. The van der Waals surface area contributed by atoms with Crippen LogP contribution in [0.4, 0.5) is 0 Å². The first-order valence-electron chi connectivity index (χ1n) is 11.1. The minimum atomic E-state index is -0.0293. The van der Waals surface area contributed by atoms with E-state index in [1.165, 1.54) is 12.8 Å². The number of halogens is 1. The lowest BCUT2D eigenvalue weighted by Crippen LogP contribution is -2.45. The van der Waals surface area contributed by atoms with E-state index in [1.807, 2.05) is 6.92 Å². The normalized spacial score (nSPS) is 23.9. The van der Waals surface area contributed by atoms with Gasteiger partial charge in [0.1, 0.15) is 0 Å². The number of piperidine rings is 1. The third kappa shape index (κ3) is 9.83. The lowest BCUT2D eigenvalue weighted by molar-refractivity contribution is -0.149. The minimum Gasteiger partial charge on any atom is -0.466 e. The first-order valence-corrected chi connectivity index (χ1v) is 11.1. The smallest absolute Gasteiger partial charge is 0.308 e. The first kappa shape index (κ1) is 26.4. The van der Waals surface area contributed by atoms with Crippen LogP contribution in [0.2, 0.25) is 0 Å². The Labute approximate surface area is 193 Å². The number of esters is 1. The van der Waals surface area contributed by atoms with Gasteiger partial charge in [0, 0.05) is 32.8 Å². The van der Waals surface area contributed by atoms with Gasteiger partial charge in [-0.15, -0.1) is 24.0 Å². The highest BCUT2D eigenvalue weighted by Gasteiger charge is 2.27. The predicted octanol–water partition coefficient (Wildman–Crippen LogP) is 2.64. The van der Waals surface area contributed by atoms with Gasteiger partial charge in [-0.25, -0.2) is 0 Å². The lowest BCUT2D eigenvalue weighted by Gasteiger charge is -2.31. The summed E-state index contributed by atoms with van der Waals surface area (Å²) in [5.74, 6) is 1.62. The minimum absolute atomic E-state index is 0. The van der Waals surface area contributed by atoms with Crippen LogP contribution in [-0.4, -0.2) is 75.9 Å². The Morgan fingerprint density at radius 2 is 1.79 bits per heavy atom. The molecule has 2 aliphatic rings. The fraction of sp³-hybridized carbons (Fsp3) is 0.905. The maximum atomic E-state index is 11.9. The molecule has 1 saturated heterocycles. The van der Waals surface area contributed by atoms with E-state index in [1.54, 1.807) is 7.11 Å². The summed E-state index contributed by atoms with van der Waals surface area (Å²) in [5, 5.41) is 6.97. The first-order chi connectivity index (χ1) is 13.7. The Kier molecular flexibility index (Phi) is 13.9. The molecule has 1 aliphatic heterocycles. The molecule has 2 rings (SSSR count). The van der Waals surface area contributed by atoms with Crippen molar-refractivity contribution < 1.29 is 14.3 Å². The predicted molar refractivity (Wildman–Crippen MR) is 128 cm³/mol. The van der Waals surface area contributed by atoms with E-state index in [0.717, 1.165) is 71.0 Å². The molecule has 0 radical (unpaired) electrons. The van der Waals surface area contributed by atoms with Crippen LogP contribution < -0.4 is 10.6 Å². The van der Waals surface area contributed by atoms with Crippen LogP contribution in [0.25, 0.3) is 0 Å². The highest BCUT2D eigenvalue weighted by Crippen LogP contribution is 2.25. The summed E-state index contributed by atoms with van der Waals surface area (Å²) in [4.78, 5) is 19.2. The number of ether oxygens (including phenoxy) is 2. The summed E-state index contributed by atoms with van der Waals surface area (Å²) in [6.07, 6.45) is 6.19. The molecule has 0 bridgehead atoms. The molecule has 0 aromatic rings. The number of aliphatic imine (C=N–C) groups is 1. The highest BCUT2D eigenvalue weighted by molar-refractivity contribution is 14.0. The number of hydrogen-bond donors (Lipinski definition) is 2. The highest BCUT2D eigenvalue weighted by atomic mass is 127. The zero-order valence-electron chi connectivity index (χ0n) is 18.5. The Balaban J connectivity index is 0.00000420. The van der Waals surface area contributed by atoms with Crippen LogP contribution in [0, 0.1) is 11.8 Å². The largest absolute Gasteiger partial charge is 0.466 e. The number of guanidine groups is 1. The van der Waals surface area contributed by atoms with E-state index < -0.39 is 0 Å². The van der Waals surface area contributed by atoms with Gasteiger partial charge in [0.15, 0.2) is 5.96 Å². The molecule has 0 aromatic carbocycles. The molecule has 2 fully saturated rings. The third-order valence-electron chi connectivity index (χ3n) is 5.86. The van der Waals surface area contributed by atoms with Crippen molar-refractivity contribution in [3.63, 3.8) is 0 Å². The molecule has 0 aromatic heterocycles. The van der Waals surface area contributed by atoms with Gasteiger partial charge in [-0.2, -0.15) is 0 Å². The van der Waals surface area contributed by atoms with Gasteiger partial charge >= 0.3 is 5.97 Å². The molecular weight excluding hydrogens is 483 g/mol. The molecule has 7 nitrogen and oxygen atoms in total. The van der Waals surface area contributed by atoms with Gasteiger partial charge in [-0.05, 0) is 71.4 Å². The van der Waals surface area contributed by atoms with Crippen molar-refractivity contribution in [1.82, 2.24) is 15.5 Å².